The Kier molecular flexibility index (Phi) is 2.88. The summed E-state index contributed by atoms with van der Waals surface area (Å²) in [5.74, 6) is -0.0852. The first-order chi connectivity index (χ1) is 6.79. The molecular weight excluding hydrogens is 190 g/mol. The van der Waals surface area contributed by atoms with Crippen LogP contribution in [0.2, 0.25) is 0 Å². The maximum Gasteiger partial charge on any atom is 0.269 e. The van der Waals surface area contributed by atoms with Crippen molar-refractivity contribution in [2.45, 2.75) is 33.1 Å². The van der Waals surface area contributed by atoms with E-state index in [1.165, 1.54) is 0 Å². The Morgan fingerprint density at radius 1 is 1.40 bits per heavy atom. The molecule has 4 heteroatoms. The second-order valence-corrected chi connectivity index (χ2v) is 4.77. The van der Waals surface area contributed by atoms with Crippen LogP contribution in [0.5, 0.6) is 0 Å². The fourth-order valence-corrected chi connectivity index (χ4v) is 1.78. The van der Waals surface area contributed by atoms with E-state index >= 15 is 0 Å². The van der Waals surface area contributed by atoms with Gasteiger partial charge in [0.25, 0.3) is 5.91 Å². The van der Waals surface area contributed by atoms with Gasteiger partial charge in [-0.05, 0) is 6.92 Å². The molecular formula is C11H19N3O. The number of amides is 1. The third kappa shape index (κ3) is 2.03. The maximum absolute atomic E-state index is 11.6. The van der Waals surface area contributed by atoms with Crippen molar-refractivity contribution in [3.63, 3.8) is 0 Å². The predicted molar refractivity (Wildman–Crippen MR) is 60.0 cm³/mol. The lowest BCUT2D eigenvalue weighted by Crippen LogP contribution is -2.22. The summed E-state index contributed by atoms with van der Waals surface area (Å²) >= 11 is 0. The molecule has 4 nitrogen and oxygen atoms in total. The number of nitrogens with one attached hydrogen (secondary N) is 1. The molecule has 0 radical (unpaired) electrons. The molecule has 0 atom stereocenters. The Bertz CT molecular complexity index is 385. The summed E-state index contributed by atoms with van der Waals surface area (Å²) in [5, 5.41) is 7.03. The van der Waals surface area contributed by atoms with Gasteiger partial charge < -0.3 is 5.32 Å². The molecule has 1 rings (SSSR count). The molecule has 0 bridgehead atoms. The number of hydrogen-bond donors (Lipinski definition) is 1. The normalized spacial score (nSPS) is 11.6. The first kappa shape index (κ1) is 11.8. The molecule has 0 unspecified atom stereocenters. The molecule has 1 aromatic heterocycles. The Morgan fingerprint density at radius 3 is 2.27 bits per heavy atom. The highest BCUT2D eigenvalue weighted by Gasteiger charge is 2.25. The molecule has 84 valence electrons. The first-order valence-electron chi connectivity index (χ1n) is 5.05. The van der Waals surface area contributed by atoms with Crippen LogP contribution in [0.25, 0.3) is 0 Å². The highest BCUT2D eigenvalue weighted by molar-refractivity contribution is 5.94. The van der Waals surface area contributed by atoms with Crippen LogP contribution in [0.1, 0.15) is 42.5 Å². The average Bonchev–Trinajstić information content (AvgIpc) is 2.40. The maximum atomic E-state index is 11.6. The van der Waals surface area contributed by atoms with Gasteiger partial charge in [0.1, 0.15) is 5.69 Å². The van der Waals surface area contributed by atoms with Crippen molar-refractivity contribution in [1.29, 1.82) is 0 Å². The zero-order valence-corrected chi connectivity index (χ0v) is 10.3. The molecule has 1 N–H and O–H groups in total. The van der Waals surface area contributed by atoms with Crippen LogP contribution >= 0.6 is 0 Å². The quantitative estimate of drug-likeness (QED) is 0.759. The zero-order chi connectivity index (χ0) is 11.8. The lowest BCUT2D eigenvalue weighted by molar-refractivity contribution is 0.0953. The second-order valence-electron chi connectivity index (χ2n) is 4.77. The van der Waals surface area contributed by atoms with E-state index in [0.29, 0.717) is 5.69 Å². The van der Waals surface area contributed by atoms with Crippen LogP contribution in [0.3, 0.4) is 0 Å². The van der Waals surface area contributed by atoms with Gasteiger partial charge in [-0.1, -0.05) is 20.8 Å². The van der Waals surface area contributed by atoms with Crippen molar-refractivity contribution < 1.29 is 4.79 Å². The molecule has 0 spiro atoms. The van der Waals surface area contributed by atoms with Gasteiger partial charge in [-0.3, -0.25) is 9.48 Å². The predicted octanol–water partition coefficient (Wildman–Crippen LogP) is 1.39. The Labute approximate surface area is 90.7 Å². The van der Waals surface area contributed by atoms with E-state index in [2.05, 4.69) is 31.2 Å². The van der Waals surface area contributed by atoms with Gasteiger partial charge in [-0.25, -0.2) is 0 Å². The van der Waals surface area contributed by atoms with Gasteiger partial charge in [0, 0.05) is 25.1 Å². The lowest BCUT2D eigenvalue weighted by atomic mass is 9.89. The fraction of sp³-hybridized carbons (Fsp3) is 0.636. The van der Waals surface area contributed by atoms with Gasteiger partial charge >= 0.3 is 0 Å². The highest BCUT2D eigenvalue weighted by atomic mass is 16.1. The third-order valence-electron chi connectivity index (χ3n) is 2.44. The van der Waals surface area contributed by atoms with E-state index in [0.717, 1.165) is 11.3 Å². The summed E-state index contributed by atoms with van der Waals surface area (Å²) in [7, 11) is 3.43. The summed E-state index contributed by atoms with van der Waals surface area (Å²) in [6, 6.07) is 0. The van der Waals surface area contributed by atoms with Gasteiger partial charge in [-0.2, -0.15) is 5.10 Å². The van der Waals surface area contributed by atoms with Gasteiger partial charge in [0.15, 0.2) is 0 Å². The number of aryl methyl sites for hydroxylation is 1. The third-order valence-corrected chi connectivity index (χ3v) is 2.44. The van der Waals surface area contributed by atoms with E-state index < -0.39 is 0 Å². The average molecular weight is 209 g/mol. The molecule has 0 saturated heterocycles. The van der Waals surface area contributed by atoms with Gasteiger partial charge in [-0.15, -0.1) is 0 Å². The number of carbonyl (C=O) groups excluding carboxylic acids is 1. The van der Waals surface area contributed by atoms with Crippen molar-refractivity contribution >= 4 is 5.91 Å². The Balaban J connectivity index is 3.33. The Hall–Kier alpha value is -1.32. The van der Waals surface area contributed by atoms with Crippen molar-refractivity contribution in [2.75, 3.05) is 7.05 Å². The molecule has 0 aliphatic carbocycles. The van der Waals surface area contributed by atoms with Crippen LogP contribution in [0, 0.1) is 6.92 Å². The minimum Gasteiger partial charge on any atom is -0.354 e. The highest BCUT2D eigenvalue weighted by Crippen LogP contribution is 2.25. The second kappa shape index (κ2) is 3.68. The molecule has 0 saturated carbocycles. The number of nitrogens with zero attached hydrogens (tertiary/aromatic N) is 2. The lowest BCUT2D eigenvalue weighted by Gasteiger charge is -2.16. The minimum absolute atomic E-state index is 0.0336. The van der Waals surface area contributed by atoms with Crippen LogP contribution in [0.4, 0.5) is 0 Å². The van der Waals surface area contributed by atoms with E-state index in [4.69, 9.17) is 0 Å². The van der Waals surface area contributed by atoms with E-state index in [9.17, 15) is 4.79 Å². The van der Waals surface area contributed by atoms with Gasteiger partial charge in [0.2, 0.25) is 0 Å². The monoisotopic (exact) mass is 209 g/mol. The number of rotatable bonds is 1. The van der Waals surface area contributed by atoms with Gasteiger partial charge in [0.05, 0.1) is 5.69 Å². The molecule has 0 aromatic carbocycles. The summed E-state index contributed by atoms with van der Waals surface area (Å²) in [5.41, 5.74) is 2.55. The van der Waals surface area contributed by atoms with Crippen molar-refractivity contribution in [1.82, 2.24) is 15.1 Å². The SMILES string of the molecule is CNC(=O)c1c(C)c(C(C)(C)C)nn1C. The standard InChI is InChI=1S/C11H19N3O/c1-7-8(10(15)12-5)14(6)13-9(7)11(2,3)4/h1-6H3,(H,12,15). The van der Waals surface area contributed by atoms with Crippen LogP contribution in [-0.2, 0) is 12.5 Å². The summed E-state index contributed by atoms with van der Waals surface area (Å²) in [6.45, 7) is 8.22. The number of aromatic nitrogens is 2. The minimum atomic E-state index is -0.0852. The number of hydrogen-bond acceptors (Lipinski definition) is 2. The van der Waals surface area contributed by atoms with Crippen molar-refractivity contribution in [3.8, 4) is 0 Å². The van der Waals surface area contributed by atoms with Crippen LogP contribution in [0.15, 0.2) is 0 Å². The topological polar surface area (TPSA) is 46.9 Å². The summed E-state index contributed by atoms with van der Waals surface area (Å²) < 4.78 is 1.65. The fourth-order valence-electron chi connectivity index (χ4n) is 1.78. The van der Waals surface area contributed by atoms with Crippen molar-refractivity contribution in [2.24, 2.45) is 7.05 Å². The Morgan fingerprint density at radius 2 is 1.93 bits per heavy atom. The van der Waals surface area contributed by atoms with E-state index in [1.807, 2.05) is 6.92 Å². The van der Waals surface area contributed by atoms with Crippen LogP contribution in [-0.4, -0.2) is 22.7 Å². The largest absolute Gasteiger partial charge is 0.354 e. The molecule has 0 aliphatic heterocycles. The summed E-state index contributed by atoms with van der Waals surface area (Å²) in [4.78, 5) is 11.6. The van der Waals surface area contributed by atoms with Crippen molar-refractivity contribution in [3.05, 3.63) is 17.0 Å². The first-order valence-corrected chi connectivity index (χ1v) is 5.05. The molecule has 15 heavy (non-hydrogen) atoms. The molecule has 1 heterocycles. The van der Waals surface area contributed by atoms with E-state index in [-0.39, 0.29) is 11.3 Å². The van der Waals surface area contributed by atoms with Crippen LogP contribution < -0.4 is 5.32 Å². The summed E-state index contributed by atoms with van der Waals surface area (Å²) in [6.07, 6.45) is 0. The molecule has 0 aliphatic rings. The molecule has 0 fully saturated rings. The zero-order valence-electron chi connectivity index (χ0n) is 10.3. The van der Waals surface area contributed by atoms with E-state index in [1.54, 1.807) is 18.8 Å². The molecule has 1 aromatic rings. The smallest absolute Gasteiger partial charge is 0.269 e. The number of carbonyl (C=O) groups is 1. The molecule has 1 amide bonds.